The van der Waals surface area contributed by atoms with Gasteiger partial charge in [-0.2, -0.15) is 0 Å². The van der Waals surface area contributed by atoms with Gasteiger partial charge in [-0.1, -0.05) is 70.3 Å². The van der Waals surface area contributed by atoms with E-state index in [1.54, 1.807) is 12.3 Å². The molecule has 1 aliphatic heterocycles. The van der Waals surface area contributed by atoms with Crippen LogP contribution in [0, 0.1) is 11.7 Å². The summed E-state index contributed by atoms with van der Waals surface area (Å²) < 4.78 is 14.8. The number of unbranched alkanes of at least 4 members (excludes halogenated alkanes) is 1. The SMILES string of the molecule is C=C(Cc1ccc(CCCCC2CCCC(N=C/C(Cl)=C\N)NCC2)cc1F)NC(CC)(CC)CC. The highest BCUT2D eigenvalue weighted by Crippen LogP contribution is 2.24. The van der Waals surface area contributed by atoms with Crippen molar-refractivity contribution in [1.82, 2.24) is 10.6 Å². The second-order valence-corrected chi connectivity index (χ2v) is 10.7. The first-order chi connectivity index (χ1) is 17.3. The molecular formula is C30H48ClFN4. The van der Waals surface area contributed by atoms with E-state index in [0.29, 0.717) is 11.5 Å². The van der Waals surface area contributed by atoms with E-state index in [9.17, 15) is 4.39 Å². The Bertz CT molecular complexity index is 844. The Morgan fingerprint density at radius 2 is 1.97 bits per heavy atom. The Balaban J connectivity index is 1.73. The quantitative estimate of drug-likeness (QED) is 0.178. The zero-order chi connectivity index (χ0) is 26.4. The van der Waals surface area contributed by atoms with Gasteiger partial charge in [0.2, 0.25) is 0 Å². The molecule has 0 aliphatic carbocycles. The number of halogens is 2. The van der Waals surface area contributed by atoms with E-state index < -0.39 is 0 Å². The molecule has 2 unspecified atom stereocenters. The zero-order valence-electron chi connectivity index (χ0n) is 22.7. The normalized spacial score (nSPS) is 19.8. The molecule has 1 aromatic carbocycles. The number of nitrogens with one attached hydrogen (secondary N) is 2. The molecule has 1 aliphatic rings. The van der Waals surface area contributed by atoms with Crippen LogP contribution < -0.4 is 16.4 Å². The van der Waals surface area contributed by atoms with Crippen LogP contribution in [0.15, 0.2) is 46.7 Å². The van der Waals surface area contributed by atoms with Gasteiger partial charge in [0.15, 0.2) is 0 Å². The van der Waals surface area contributed by atoms with Gasteiger partial charge in [0.25, 0.3) is 0 Å². The highest BCUT2D eigenvalue weighted by Gasteiger charge is 2.24. The van der Waals surface area contributed by atoms with Crippen molar-refractivity contribution >= 4 is 17.8 Å². The van der Waals surface area contributed by atoms with Gasteiger partial charge in [-0.05, 0) is 81.0 Å². The summed E-state index contributed by atoms with van der Waals surface area (Å²) in [5.74, 6) is 0.631. The summed E-state index contributed by atoms with van der Waals surface area (Å²) in [6.07, 6.45) is 15.8. The third-order valence-corrected chi connectivity index (χ3v) is 8.10. The maximum absolute atomic E-state index is 14.8. The number of aryl methyl sites for hydroxylation is 1. The molecule has 202 valence electrons. The summed E-state index contributed by atoms with van der Waals surface area (Å²) in [5.41, 5.74) is 8.16. The number of hydrogen-bond acceptors (Lipinski definition) is 4. The molecule has 4 nitrogen and oxygen atoms in total. The van der Waals surface area contributed by atoms with Gasteiger partial charge < -0.3 is 11.1 Å². The Morgan fingerprint density at radius 3 is 2.64 bits per heavy atom. The standard InChI is InChI=1S/C30H48ClFN4/c1-5-30(6-2,7-3)36-23(4)19-26-16-15-25(20-28(26)32)12-9-8-11-24-13-10-14-29(34-18-17-24)35-22-27(31)21-33/h15-16,20-22,24,29,34,36H,4-14,17-19,33H2,1-3H3/b27-21+,35-22?. The molecule has 0 spiro atoms. The average Bonchev–Trinajstić information content (AvgIpc) is 2.86. The molecule has 1 saturated heterocycles. The van der Waals surface area contributed by atoms with Gasteiger partial charge in [0.1, 0.15) is 5.82 Å². The minimum absolute atomic E-state index is 0.0616. The molecule has 0 bridgehead atoms. The highest BCUT2D eigenvalue weighted by molar-refractivity contribution is 6.39. The van der Waals surface area contributed by atoms with Gasteiger partial charge in [0.05, 0.1) is 11.2 Å². The van der Waals surface area contributed by atoms with Crippen molar-refractivity contribution in [2.45, 2.75) is 110 Å². The number of hydrogen-bond donors (Lipinski definition) is 3. The molecule has 1 heterocycles. The van der Waals surface area contributed by atoms with Gasteiger partial charge in [-0.25, -0.2) is 4.39 Å². The predicted molar refractivity (Wildman–Crippen MR) is 154 cm³/mol. The van der Waals surface area contributed by atoms with Crippen molar-refractivity contribution in [3.63, 3.8) is 0 Å². The topological polar surface area (TPSA) is 62.4 Å². The van der Waals surface area contributed by atoms with Gasteiger partial charge in [0, 0.05) is 30.1 Å². The molecule has 0 amide bonds. The van der Waals surface area contributed by atoms with Crippen molar-refractivity contribution in [3.8, 4) is 0 Å². The summed E-state index contributed by atoms with van der Waals surface area (Å²) in [5, 5.41) is 7.57. The fourth-order valence-electron chi connectivity index (χ4n) is 5.24. The van der Waals surface area contributed by atoms with Crippen LogP contribution in [0.2, 0.25) is 0 Å². The molecule has 1 fully saturated rings. The van der Waals surface area contributed by atoms with Crippen LogP contribution in [0.4, 0.5) is 4.39 Å². The minimum Gasteiger partial charge on any atom is -0.403 e. The first-order valence-electron chi connectivity index (χ1n) is 13.9. The lowest BCUT2D eigenvalue weighted by atomic mass is 9.89. The lowest BCUT2D eigenvalue weighted by Gasteiger charge is -2.34. The Labute approximate surface area is 224 Å². The summed E-state index contributed by atoms with van der Waals surface area (Å²) in [6.45, 7) is 11.7. The van der Waals surface area contributed by atoms with Crippen molar-refractivity contribution in [2.24, 2.45) is 16.6 Å². The predicted octanol–water partition coefficient (Wildman–Crippen LogP) is 7.37. The van der Waals surface area contributed by atoms with Gasteiger partial charge >= 0.3 is 0 Å². The molecule has 0 saturated carbocycles. The lowest BCUT2D eigenvalue weighted by Crippen LogP contribution is -2.43. The monoisotopic (exact) mass is 518 g/mol. The lowest BCUT2D eigenvalue weighted by molar-refractivity contribution is 0.315. The number of benzene rings is 1. The van der Waals surface area contributed by atoms with E-state index >= 15 is 0 Å². The number of allylic oxidation sites excluding steroid dienone is 2. The molecule has 2 atom stereocenters. The van der Waals surface area contributed by atoms with E-state index in [1.165, 1.54) is 31.9 Å². The average molecular weight is 519 g/mol. The van der Waals surface area contributed by atoms with Crippen molar-refractivity contribution in [3.05, 3.63) is 58.7 Å². The number of nitrogens with zero attached hydrogens (tertiary/aromatic N) is 1. The van der Waals surface area contributed by atoms with Crippen molar-refractivity contribution in [2.75, 3.05) is 6.54 Å². The molecule has 6 heteroatoms. The smallest absolute Gasteiger partial charge is 0.127 e. The number of nitrogens with two attached hydrogens (primary N) is 1. The fraction of sp³-hybridized carbons (Fsp3) is 0.633. The van der Waals surface area contributed by atoms with Gasteiger partial charge in [-0.15, -0.1) is 0 Å². The zero-order valence-corrected chi connectivity index (χ0v) is 23.5. The first kappa shape index (κ1) is 30.4. The van der Waals surface area contributed by atoms with E-state index in [0.717, 1.165) is 74.2 Å². The molecule has 1 aromatic rings. The van der Waals surface area contributed by atoms with Crippen LogP contribution in [0.3, 0.4) is 0 Å². The molecule has 4 N–H and O–H groups in total. The summed E-state index contributed by atoms with van der Waals surface area (Å²) >= 11 is 5.90. The van der Waals surface area contributed by atoms with Gasteiger partial charge in [-0.3, -0.25) is 10.3 Å². The van der Waals surface area contributed by atoms with E-state index in [1.807, 2.05) is 6.07 Å². The van der Waals surface area contributed by atoms with Crippen molar-refractivity contribution in [1.29, 1.82) is 0 Å². The summed E-state index contributed by atoms with van der Waals surface area (Å²) in [4.78, 5) is 4.49. The Hall–Kier alpha value is -1.85. The van der Waals surface area contributed by atoms with E-state index in [4.69, 9.17) is 17.3 Å². The maximum atomic E-state index is 14.8. The van der Waals surface area contributed by atoms with Crippen LogP contribution in [-0.2, 0) is 12.8 Å². The molecule has 0 aromatic heterocycles. The van der Waals surface area contributed by atoms with E-state index in [-0.39, 0.29) is 17.5 Å². The largest absolute Gasteiger partial charge is 0.403 e. The Kier molecular flexibility index (Phi) is 13.6. The summed E-state index contributed by atoms with van der Waals surface area (Å²) in [6, 6.07) is 5.76. The van der Waals surface area contributed by atoms with Crippen LogP contribution in [0.5, 0.6) is 0 Å². The first-order valence-corrected chi connectivity index (χ1v) is 14.3. The molecular weight excluding hydrogens is 471 g/mol. The summed E-state index contributed by atoms with van der Waals surface area (Å²) in [7, 11) is 0. The third kappa shape index (κ3) is 10.3. The maximum Gasteiger partial charge on any atom is 0.127 e. The van der Waals surface area contributed by atoms with Crippen LogP contribution >= 0.6 is 11.6 Å². The fourth-order valence-corrected chi connectivity index (χ4v) is 5.29. The number of aliphatic imine (C=N–C) groups is 1. The van der Waals surface area contributed by atoms with Crippen LogP contribution in [0.25, 0.3) is 0 Å². The Morgan fingerprint density at radius 1 is 1.22 bits per heavy atom. The second kappa shape index (κ2) is 16.1. The molecule has 36 heavy (non-hydrogen) atoms. The minimum atomic E-state index is -0.114. The molecule has 2 rings (SSSR count). The number of rotatable bonds is 14. The van der Waals surface area contributed by atoms with Crippen LogP contribution in [-0.4, -0.2) is 24.5 Å². The highest BCUT2D eigenvalue weighted by atomic mass is 35.5. The van der Waals surface area contributed by atoms with E-state index in [2.05, 4.69) is 49.0 Å². The molecule has 0 radical (unpaired) electrons. The van der Waals surface area contributed by atoms with Crippen LogP contribution in [0.1, 0.15) is 96.1 Å². The third-order valence-electron chi connectivity index (χ3n) is 7.88. The second-order valence-electron chi connectivity index (χ2n) is 10.3. The van der Waals surface area contributed by atoms with Crippen molar-refractivity contribution < 1.29 is 4.39 Å².